The molecule has 0 fully saturated rings. The van der Waals surface area contributed by atoms with Gasteiger partial charge in [-0.15, -0.1) is 0 Å². The van der Waals surface area contributed by atoms with Gasteiger partial charge >= 0.3 is 0 Å². The minimum Gasteiger partial charge on any atom is -0.494 e. The van der Waals surface area contributed by atoms with E-state index < -0.39 is 0 Å². The first-order chi connectivity index (χ1) is 13.7. The van der Waals surface area contributed by atoms with E-state index in [0.29, 0.717) is 19.0 Å². The summed E-state index contributed by atoms with van der Waals surface area (Å²) in [5.41, 5.74) is 4.34. The molecule has 144 valence electrons. The first kappa shape index (κ1) is 19.4. The van der Waals surface area contributed by atoms with Crippen LogP contribution in [0.25, 0.3) is 10.8 Å². The number of carbonyl (C=O) groups is 1. The van der Waals surface area contributed by atoms with Gasteiger partial charge in [0.15, 0.2) is 0 Å². The number of rotatable bonds is 8. The molecule has 28 heavy (non-hydrogen) atoms. The van der Waals surface area contributed by atoms with Gasteiger partial charge < -0.3 is 9.47 Å². The van der Waals surface area contributed by atoms with Crippen molar-refractivity contribution in [3.8, 4) is 11.5 Å². The van der Waals surface area contributed by atoms with Crippen LogP contribution in [-0.2, 0) is 11.2 Å². The van der Waals surface area contributed by atoms with Crippen molar-refractivity contribution in [2.45, 2.75) is 20.3 Å². The topological polar surface area (TPSA) is 59.9 Å². The number of ether oxygens (including phenoxy) is 2. The summed E-state index contributed by atoms with van der Waals surface area (Å²) in [5, 5.41) is 6.29. The SMILES string of the molecule is CCOc1ccc(/C=N\NC(=O)Cc2cccc3ccccc23)c(OCC)c1. The van der Waals surface area contributed by atoms with Crippen LogP contribution in [0.3, 0.4) is 0 Å². The third-order valence-corrected chi connectivity index (χ3v) is 4.22. The number of benzene rings is 3. The summed E-state index contributed by atoms with van der Waals surface area (Å²) >= 11 is 0. The quantitative estimate of drug-likeness (QED) is 0.470. The Morgan fingerprint density at radius 3 is 2.61 bits per heavy atom. The molecule has 0 saturated carbocycles. The van der Waals surface area contributed by atoms with Crippen molar-refractivity contribution < 1.29 is 14.3 Å². The van der Waals surface area contributed by atoms with Crippen molar-refractivity contribution in [3.63, 3.8) is 0 Å². The van der Waals surface area contributed by atoms with Crippen LogP contribution >= 0.6 is 0 Å². The molecule has 0 spiro atoms. The molecule has 1 N–H and O–H groups in total. The van der Waals surface area contributed by atoms with Gasteiger partial charge in [-0.25, -0.2) is 5.43 Å². The average molecular weight is 376 g/mol. The lowest BCUT2D eigenvalue weighted by molar-refractivity contribution is -0.120. The molecule has 5 nitrogen and oxygen atoms in total. The van der Waals surface area contributed by atoms with Crippen molar-refractivity contribution in [2.75, 3.05) is 13.2 Å². The van der Waals surface area contributed by atoms with Crippen LogP contribution in [0.15, 0.2) is 65.8 Å². The lowest BCUT2D eigenvalue weighted by Crippen LogP contribution is -2.20. The number of hydrogen-bond acceptors (Lipinski definition) is 4. The molecule has 0 aliphatic rings. The second kappa shape index (κ2) is 9.55. The molecule has 0 atom stereocenters. The highest BCUT2D eigenvalue weighted by atomic mass is 16.5. The summed E-state index contributed by atoms with van der Waals surface area (Å²) in [7, 11) is 0. The van der Waals surface area contributed by atoms with Crippen LogP contribution in [0.5, 0.6) is 11.5 Å². The van der Waals surface area contributed by atoms with Crippen LogP contribution in [0.2, 0.25) is 0 Å². The fraction of sp³-hybridized carbons (Fsp3) is 0.217. The predicted molar refractivity (Wildman–Crippen MR) is 112 cm³/mol. The Kier molecular flexibility index (Phi) is 6.63. The molecule has 0 aliphatic heterocycles. The summed E-state index contributed by atoms with van der Waals surface area (Å²) in [6, 6.07) is 19.5. The van der Waals surface area contributed by atoms with Crippen LogP contribution in [0.1, 0.15) is 25.0 Å². The highest BCUT2D eigenvalue weighted by molar-refractivity contribution is 5.91. The van der Waals surface area contributed by atoms with E-state index >= 15 is 0 Å². The minimum absolute atomic E-state index is 0.170. The lowest BCUT2D eigenvalue weighted by Gasteiger charge is -2.10. The van der Waals surface area contributed by atoms with Gasteiger partial charge in [0.05, 0.1) is 25.8 Å². The van der Waals surface area contributed by atoms with E-state index in [1.807, 2.05) is 74.5 Å². The van der Waals surface area contributed by atoms with Crippen molar-refractivity contribution in [1.29, 1.82) is 0 Å². The van der Waals surface area contributed by atoms with Crippen LogP contribution in [0.4, 0.5) is 0 Å². The Hall–Kier alpha value is -3.34. The van der Waals surface area contributed by atoms with Crippen molar-refractivity contribution in [1.82, 2.24) is 5.43 Å². The summed E-state index contributed by atoms with van der Waals surface area (Å²) in [4.78, 5) is 12.3. The number of hydrazone groups is 1. The van der Waals surface area contributed by atoms with Crippen LogP contribution < -0.4 is 14.9 Å². The van der Waals surface area contributed by atoms with Crippen LogP contribution in [0, 0.1) is 0 Å². The fourth-order valence-corrected chi connectivity index (χ4v) is 2.99. The van der Waals surface area contributed by atoms with Gasteiger partial charge in [0, 0.05) is 11.6 Å². The number of fused-ring (bicyclic) bond motifs is 1. The lowest BCUT2D eigenvalue weighted by atomic mass is 10.0. The molecule has 5 heteroatoms. The molecule has 0 aromatic heterocycles. The number of nitrogens with one attached hydrogen (secondary N) is 1. The zero-order valence-electron chi connectivity index (χ0n) is 16.1. The first-order valence-corrected chi connectivity index (χ1v) is 9.39. The van der Waals surface area contributed by atoms with E-state index in [9.17, 15) is 4.79 Å². The third-order valence-electron chi connectivity index (χ3n) is 4.22. The van der Waals surface area contributed by atoms with Gasteiger partial charge in [-0.2, -0.15) is 5.10 Å². The van der Waals surface area contributed by atoms with Gasteiger partial charge in [-0.3, -0.25) is 4.79 Å². The molecule has 0 saturated heterocycles. The monoisotopic (exact) mass is 376 g/mol. The summed E-state index contributed by atoms with van der Waals surface area (Å²) in [5.74, 6) is 1.24. The number of nitrogens with zero attached hydrogens (tertiary/aromatic N) is 1. The second-order valence-corrected chi connectivity index (χ2v) is 6.17. The van der Waals surface area contributed by atoms with Gasteiger partial charge in [0.25, 0.3) is 0 Å². The highest BCUT2D eigenvalue weighted by Crippen LogP contribution is 2.24. The van der Waals surface area contributed by atoms with Crippen LogP contribution in [-0.4, -0.2) is 25.3 Å². The van der Waals surface area contributed by atoms with Gasteiger partial charge in [0.2, 0.25) is 5.91 Å². The standard InChI is InChI=1S/C23H24N2O3/c1-3-27-20-13-12-19(22(15-20)28-4-2)16-24-25-23(26)14-18-10-7-9-17-8-5-6-11-21(17)18/h5-13,15-16H,3-4,14H2,1-2H3,(H,25,26)/b24-16-. The van der Waals surface area contributed by atoms with Gasteiger partial charge in [-0.05, 0) is 42.3 Å². The molecule has 3 aromatic rings. The predicted octanol–water partition coefficient (Wildman–Crippen LogP) is 4.33. The Labute approximate surface area is 165 Å². The third kappa shape index (κ3) is 4.88. The maximum atomic E-state index is 12.3. The number of carbonyl (C=O) groups excluding carboxylic acids is 1. The summed E-state index contributed by atoms with van der Waals surface area (Å²) in [6.45, 7) is 4.97. The summed E-state index contributed by atoms with van der Waals surface area (Å²) in [6.07, 6.45) is 1.85. The normalized spacial score (nSPS) is 10.9. The molecule has 3 rings (SSSR count). The van der Waals surface area contributed by atoms with Crippen molar-refractivity contribution in [3.05, 3.63) is 71.8 Å². The Morgan fingerprint density at radius 1 is 1.00 bits per heavy atom. The zero-order valence-corrected chi connectivity index (χ0v) is 16.1. The second-order valence-electron chi connectivity index (χ2n) is 6.17. The molecule has 0 radical (unpaired) electrons. The van der Waals surface area contributed by atoms with E-state index in [2.05, 4.69) is 10.5 Å². The first-order valence-electron chi connectivity index (χ1n) is 9.39. The van der Waals surface area contributed by atoms with E-state index in [0.717, 1.165) is 27.6 Å². The molecular formula is C23H24N2O3. The fourth-order valence-electron chi connectivity index (χ4n) is 2.99. The number of hydrogen-bond donors (Lipinski definition) is 1. The smallest absolute Gasteiger partial charge is 0.244 e. The number of amides is 1. The Morgan fingerprint density at radius 2 is 1.79 bits per heavy atom. The van der Waals surface area contributed by atoms with Gasteiger partial charge in [0.1, 0.15) is 11.5 Å². The van der Waals surface area contributed by atoms with E-state index in [1.165, 1.54) is 0 Å². The Bertz CT molecular complexity index is 977. The molecular weight excluding hydrogens is 352 g/mol. The molecule has 1 amide bonds. The molecule has 3 aromatic carbocycles. The van der Waals surface area contributed by atoms with E-state index in [1.54, 1.807) is 6.21 Å². The largest absolute Gasteiger partial charge is 0.494 e. The van der Waals surface area contributed by atoms with E-state index in [-0.39, 0.29) is 12.3 Å². The zero-order chi connectivity index (χ0) is 19.8. The average Bonchev–Trinajstić information content (AvgIpc) is 2.70. The Balaban J connectivity index is 1.67. The van der Waals surface area contributed by atoms with Crippen molar-refractivity contribution >= 4 is 22.9 Å². The molecule has 0 aliphatic carbocycles. The molecule has 0 unspecified atom stereocenters. The maximum Gasteiger partial charge on any atom is 0.244 e. The maximum absolute atomic E-state index is 12.3. The highest BCUT2D eigenvalue weighted by Gasteiger charge is 2.07. The van der Waals surface area contributed by atoms with Crippen molar-refractivity contribution in [2.24, 2.45) is 5.10 Å². The molecule has 0 heterocycles. The van der Waals surface area contributed by atoms with Gasteiger partial charge in [-0.1, -0.05) is 42.5 Å². The van der Waals surface area contributed by atoms with E-state index in [4.69, 9.17) is 9.47 Å². The summed E-state index contributed by atoms with van der Waals surface area (Å²) < 4.78 is 11.1. The minimum atomic E-state index is -0.170. The molecule has 0 bridgehead atoms.